The lowest BCUT2D eigenvalue weighted by molar-refractivity contribution is 0.0898. The van der Waals surface area contributed by atoms with Gasteiger partial charge in [0.15, 0.2) is 0 Å². The smallest absolute Gasteiger partial charge is 0.0716 e. The van der Waals surface area contributed by atoms with E-state index in [1.807, 2.05) is 12.2 Å². The van der Waals surface area contributed by atoms with Gasteiger partial charge in [-0.1, -0.05) is 341 Å². The van der Waals surface area contributed by atoms with Crippen molar-refractivity contribution in [2.75, 3.05) is 46.0 Å². The first-order valence-corrected chi connectivity index (χ1v) is 47.9. The molecule has 0 atom stereocenters. The predicted molar refractivity (Wildman–Crippen MR) is 575 cm³/mol. The quantitative estimate of drug-likeness (QED) is 0.0352. The van der Waals surface area contributed by atoms with Gasteiger partial charge >= 0.3 is 0 Å². The Hall–Kier alpha value is -15.8. The van der Waals surface area contributed by atoms with Crippen LogP contribution in [0.15, 0.2) is 474 Å². The summed E-state index contributed by atoms with van der Waals surface area (Å²) < 4.78 is 24.0. The summed E-state index contributed by atoms with van der Waals surface area (Å²) in [5, 5.41) is 0. The average Bonchev–Trinajstić information content (AvgIpc) is 1.32. The van der Waals surface area contributed by atoms with Crippen LogP contribution >= 0.6 is 0 Å². The summed E-state index contributed by atoms with van der Waals surface area (Å²) in [5.74, 6) is 0. The number of rotatable bonds is 40. The van der Waals surface area contributed by atoms with Crippen molar-refractivity contribution in [3.63, 3.8) is 0 Å². The van der Waals surface area contributed by atoms with Crippen LogP contribution in [0.2, 0.25) is 0 Å². The van der Waals surface area contributed by atoms with Crippen molar-refractivity contribution in [1.82, 2.24) is 0 Å². The molecule has 19 rings (SSSR count). The molecule has 0 amide bonds. The summed E-state index contributed by atoms with van der Waals surface area (Å²) in [6.45, 7) is 12.9. The zero-order valence-corrected chi connectivity index (χ0v) is 77.5. The highest BCUT2D eigenvalue weighted by Crippen LogP contribution is 2.47. The molecule has 0 heterocycles. The molecule has 672 valence electrons. The molecule has 0 radical (unpaired) electrons. The second-order valence-electron chi connectivity index (χ2n) is 34.9. The standard InChI is InChI=1S/C129H112N4O4/c1-3-96-38-42-98(43-39-96)92-134-86-17-19-88-136-94-100-46-74-120(75-47-100)130(116-26-9-5-10-27-116)122-78-66-110(67-79-122)106-58-50-102(51-59-106)104-54-62-108(63-55-104)112-70-82-124(83-71-112)132(118-30-13-7-14-31-118)126-34-21-24-114(90-126)128-36-23-37-129(128)115-25-22-35-127(91-115)133(119-32-15-8-16-33-119)125-84-72-113(73-85-125)109-64-56-105(57-65-109)103-52-60-107(61-53-103)111-68-80-123(81-69-111)131(117-28-11-6-12-29-117)121-76-48-101(49-77-121)95-137-89-20-18-87-135-93-99-44-40-97(4-2)41-45-99/h3-16,21-22,24-35,38-85,90-91H,1-2,17-20,23,36-37,86-89,92-95H2. The summed E-state index contributed by atoms with van der Waals surface area (Å²) in [6.07, 6.45) is 10.6. The number of benzene rings is 18. The molecule has 0 aliphatic heterocycles. The third kappa shape index (κ3) is 22.7. The SMILES string of the molecule is C=Cc1ccc(COCCCCOCc2ccc(N(c3ccccc3)c3ccc(-c4ccc(-c5ccc(-c6ccc(N(c7ccccc7)c7cccc(C8=C(c9cccc(N(c%10ccccc%10)c%10ccc(-c%11ccc(-c%12ccc(-c%13ccc(N(c%14ccccc%14)c%14ccc(COCCCCOCc%15ccc(C=C)cc%15)cc%14)cc%13)cc%12)cc%11)cc%10)c9)CCC8)c7)cc6)cc5)cc4)cc3)cc2)cc1. The highest BCUT2D eigenvalue weighted by molar-refractivity contribution is 5.96. The number of ether oxygens (including phenoxy) is 4. The molecular formula is C129H112N4O4. The van der Waals surface area contributed by atoms with Crippen LogP contribution in [0.5, 0.6) is 0 Å². The molecule has 0 aromatic heterocycles. The minimum absolute atomic E-state index is 0.568. The fourth-order valence-corrected chi connectivity index (χ4v) is 18.3. The molecule has 8 nitrogen and oxygen atoms in total. The number of anilines is 12. The van der Waals surface area contributed by atoms with Crippen LogP contribution in [0.25, 0.3) is 90.1 Å². The minimum atomic E-state index is 0.568. The molecule has 0 unspecified atom stereocenters. The van der Waals surface area contributed by atoms with Crippen LogP contribution in [0.1, 0.15) is 89.5 Å². The van der Waals surface area contributed by atoms with Crippen LogP contribution in [0.3, 0.4) is 0 Å². The van der Waals surface area contributed by atoms with Crippen molar-refractivity contribution in [3.05, 3.63) is 519 Å². The van der Waals surface area contributed by atoms with E-state index < -0.39 is 0 Å². The molecule has 0 bridgehead atoms. The van der Waals surface area contributed by atoms with Crippen LogP contribution in [0, 0.1) is 0 Å². The van der Waals surface area contributed by atoms with E-state index in [1.165, 1.54) is 77.9 Å². The van der Waals surface area contributed by atoms with Gasteiger partial charge in [0.1, 0.15) is 0 Å². The van der Waals surface area contributed by atoms with Gasteiger partial charge in [-0.05, 0) is 313 Å². The number of hydrogen-bond acceptors (Lipinski definition) is 8. The summed E-state index contributed by atoms with van der Waals surface area (Å²) in [4.78, 5) is 9.39. The zero-order valence-electron chi connectivity index (χ0n) is 77.5. The highest BCUT2D eigenvalue weighted by atomic mass is 16.5. The minimum Gasteiger partial charge on any atom is -0.377 e. The largest absolute Gasteiger partial charge is 0.377 e. The number of hydrogen-bond donors (Lipinski definition) is 0. The molecule has 1 aliphatic rings. The molecule has 1 aliphatic carbocycles. The summed E-state index contributed by atoms with van der Waals surface area (Å²) in [6, 6.07) is 167. The Morgan fingerprint density at radius 2 is 0.365 bits per heavy atom. The van der Waals surface area contributed by atoms with Gasteiger partial charge in [0.25, 0.3) is 0 Å². The molecular weight excluding hydrogens is 1670 g/mol. The molecule has 18 aromatic rings. The van der Waals surface area contributed by atoms with Crippen molar-refractivity contribution in [1.29, 1.82) is 0 Å². The van der Waals surface area contributed by atoms with E-state index in [2.05, 4.69) is 494 Å². The lowest BCUT2D eigenvalue weighted by Crippen LogP contribution is -2.10. The van der Waals surface area contributed by atoms with E-state index in [-0.39, 0.29) is 0 Å². The van der Waals surface area contributed by atoms with Gasteiger partial charge in [-0.2, -0.15) is 0 Å². The first-order valence-electron chi connectivity index (χ1n) is 47.9. The predicted octanol–water partition coefficient (Wildman–Crippen LogP) is 35.0. The lowest BCUT2D eigenvalue weighted by Gasteiger charge is -2.27. The second-order valence-corrected chi connectivity index (χ2v) is 34.9. The van der Waals surface area contributed by atoms with Gasteiger partial charge < -0.3 is 38.5 Å². The van der Waals surface area contributed by atoms with Crippen LogP contribution in [0.4, 0.5) is 68.2 Å². The van der Waals surface area contributed by atoms with E-state index in [1.54, 1.807) is 0 Å². The third-order valence-corrected chi connectivity index (χ3v) is 25.8. The summed E-state index contributed by atoms with van der Waals surface area (Å²) in [5.41, 5.74) is 39.3. The van der Waals surface area contributed by atoms with Gasteiger partial charge in [0.2, 0.25) is 0 Å². The first kappa shape index (κ1) is 90.4. The van der Waals surface area contributed by atoms with E-state index >= 15 is 0 Å². The Morgan fingerprint density at radius 1 is 0.182 bits per heavy atom. The van der Waals surface area contributed by atoms with Gasteiger partial charge in [-0.15, -0.1) is 0 Å². The second kappa shape index (κ2) is 44.8. The fraction of sp³-hybridized carbons (Fsp3) is 0.116. The van der Waals surface area contributed by atoms with E-state index in [0.29, 0.717) is 52.9 Å². The Kier molecular flexibility index (Phi) is 29.6. The van der Waals surface area contributed by atoms with Gasteiger partial charge in [-0.25, -0.2) is 0 Å². The number of unbranched alkanes of at least 4 members (excludes halogenated alkanes) is 2. The van der Waals surface area contributed by atoms with E-state index in [4.69, 9.17) is 18.9 Å². The van der Waals surface area contributed by atoms with Crippen LogP contribution < -0.4 is 19.6 Å². The maximum Gasteiger partial charge on any atom is 0.0716 e. The molecule has 0 saturated carbocycles. The third-order valence-electron chi connectivity index (χ3n) is 25.8. The molecule has 0 saturated heterocycles. The fourth-order valence-electron chi connectivity index (χ4n) is 18.3. The average molecular weight is 1780 g/mol. The molecule has 0 fully saturated rings. The Balaban J connectivity index is 0.476. The van der Waals surface area contributed by atoms with Gasteiger partial charge in [0.05, 0.1) is 26.4 Å². The summed E-state index contributed by atoms with van der Waals surface area (Å²) >= 11 is 0. The van der Waals surface area contributed by atoms with Crippen molar-refractivity contribution >= 4 is 91.5 Å². The Bertz CT molecular complexity index is 6540. The van der Waals surface area contributed by atoms with Crippen LogP contribution in [-0.2, 0) is 45.4 Å². The maximum absolute atomic E-state index is 6.11. The number of nitrogens with zero attached hydrogens (tertiary/aromatic N) is 4. The monoisotopic (exact) mass is 1780 g/mol. The first-order chi connectivity index (χ1) is 67.8. The van der Waals surface area contributed by atoms with E-state index in [0.717, 1.165) is 158 Å². The molecule has 18 aromatic carbocycles. The number of para-hydroxylation sites is 4. The van der Waals surface area contributed by atoms with Crippen molar-refractivity contribution in [2.24, 2.45) is 0 Å². The normalized spacial score (nSPS) is 11.8. The summed E-state index contributed by atoms with van der Waals surface area (Å²) in [7, 11) is 0. The van der Waals surface area contributed by atoms with Crippen molar-refractivity contribution in [3.8, 4) is 66.8 Å². The highest BCUT2D eigenvalue weighted by Gasteiger charge is 2.24. The molecule has 8 heteroatoms. The van der Waals surface area contributed by atoms with Crippen LogP contribution in [-0.4, -0.2) is 26.4 Å². The van der Waals surface area contributed by atoms with Gasteiger partial charge in [-0.3, -0.25) is 0 Å². The van der Waals surface area contributed by atoms with Crippen molar-refractivity contribution < 1.29 is 18.9 Å². The Labute approximate surface area is 807 Å². The Morgan fingerprint density at radius 3 is 0.584 bits per heavy atom. The maximum atomic E-state index is 6.11. The topological polar surface area (TPSA) is 49.9 Å². The molecule has 137 heavy (non-hydrogen) atoms. The van der Waals surface area contributed by atoms with Crippen molar-refractivity contribution in [2.45, 2.75) is 71.4 Å². The molecule has 0 N–H and O–H groups in total. The van der Waals surface area contributed by atoms with E-state index in [9.17, 15) is 0 Å². The van der Waals surface area contributed by atoms with Gasteiger partial charge in [0, 0.05) is 94.7 Å². The number of allylic oxidation sites excluding steroid dienone is 2. The molecule has 0 spiro atoms. The lowest BCUT2D eigenvalue weighted by atomic mass is 9.95. The zero-order chi connectivity index (χ0) is 92.5.